The number of aromatic amines is 1. The van der Waals surface area contributed by atoms with E-state index in [1.54, 1.807) is 0 Å². The van der Waals surface area contributed by atoms with E-state index in [1.807, 2.05) is 19.1 Å². The van der Waals surface area contributed by atoms with Gasteiger partial charge in [-0.1, -0.05) is 88.9 Å². The fraction of sp³-hybridized carbons (Fsp3) is 0.125. The molecule has 2 nitrogen and oxygen atoms in total. The summed E-state index contributed by atoms with van der Waals surface area (Å²) < 4.78 is -1.63. The third-order valence-corrected chi connectivity index (χ3v) is 9.98. The Hall–Kier alpha value is -1.35. The molecule has 0 amide bonds. The lowest BCUT2D eigenvalue weighted by atomic mass is 10.2. The Morgan fingerprint density at radius 3 is 1.58 bits per heavy atom. The molecule has 160 valence electrons. The Morgan fingerprint density at radius 2 is 1.16 bits per heavy atom. The highest BCUT2D eigenvalue weighted by Crippen LogP contribution is 2.55. The number of alkyl halides is 3. The van der Waals surface area contributed by atoms with Gasteiger partial charge < -0.3 is 22.0 Å². The highest BCUT2D eigenvalue weighted by atomic mass is 79.9. The summed E-state index contributed by atoms with van der Waals surface area (Å²) in [5.74, 6) is 0.336. The number of rotatable bonds is 4. The summed E-state index contributed by atoms with van der Waals surface area (Å²) in [6.45, 7) is 4.09. The molecule has 1 heterocycles. The van der Waals surface area contributed by atoms with E-state index >= 15 is 0 Å². The van der Waals surface area contributed by atoms with Crippen molar-refractivity contribution in [2.75, 3.05) is 0 Å². The molecule has 3 aromatic carbocycles. The Labute approximate surface area is 209 Å². The van der Waals surface area contributed by atoms with Crippen molar-refractivity contribution < 1.29 is 17.0 Å². The summed E-state index contributed by atoms with van der Waals surface area (Å²) >= 11 is 18.6. The highest BCUT2D eigenvalue weighted by molar-refractivity contribution is 8.01. The smallest absolute Gasteiger partial charge is 0.248 e. The van der Waals surface area contributed by atoms with Crippen molar-refractivity contribution in [2.45, 2.75) is 17.6 Å². The van der Waals surface area contributed by atoms with E-state index in [1.165, 1.54) is 21.5 Å². The lowest BCUT2D eigenvalue weighted by Gasteiger charge is -2.26. The lowest BCUT2D eigenvalue weighted by Crippen LogP contribution is -3.00. The van der Waals surface area contributed by atoms with Gasteiger partial charge in [0.05, 0.1) is 5.69 Å². The van der Waals surface area contributed by atoms with Gasteiger partial charge in [0.15, 0.2) is 13.1 Å². The van der Waals surface area contributed by atoms with Crippen LogP contribution in [-0.4, -0.2) is 9.97 Å². The predicted molar refractivity (Wildman–Crippen MR) is 132 cm³/mol. The Bertz CT molecular complexity index is 1100. The third-order valence-electron chi connectivity index (χ3n) is 5.15. The van der Waals surface area contributed by atoms with Crippen LogP contribution in [0.1, 0.15) is 17.1 Å². The Morgan fingerprint density at radius 1 is 0.710 bits per heavy atom. The molecular formula is C24H21BrCl3N2P. The lowest BCUT2D eigenvalue weighted by molar-refractivity contribution is -0.00000589. The van der Waals surface area contributed by atoms with E-state index in [0.717, 1.165) is 11.1 Å². The first kappa shape index (κ1) is 24.3. The van der Waals surface area contributed by atoms with Gasteiger partial charge in [-0.05, 0) is 50.2 Å². The fourth-order valence-electron chi connectivity index (χ4n) is 3.80. The number of benzene rings is 3. The summed E-state index contributed by atoms with van der Waals surface area (Å²) in [6.07, 6.45) is 0. The summed E-state index contributed by atoms with van der Waals surface area (Å²) in [7, 11) is -2.33. The van der Waals surface area contributed by atoms with Crippen LogP contribution >= 0.6 is 42.1 Å². The van der Waals surface area contributed by atoms with Gasteiger partial charge in [-0.2, -0.15) is 4.98 Å². The molecule has 0 spiro atoms. The molecule has 0 radical (unpaired) electrons. The van der Waals surface area contributed by atoms with Crippen molar-refractivity contribution in [2.24, 2.45) is 0 Å². The molecule has 4 aromatic rings. The number of hydrogen-bond donors (Lipinski definition) is 1. The van der Waals surface area contributed by atoms with Crippen LogP contribution in [0.5, 0.6) is 0 Å². The average Bonchev–Trinajstić information content (AvgIpc) is 3.14. The maximum Gasteiger partial charge on any atom is 0.248 e. The van der Waals surface area contributed by atoms with Crippen LogP contribution in [0.3, 0.4) is 0 Å². The second-order valence-electron chi connectivity index (χ2n) is 7.21. The molecule has 0 bridgehead atoms. The van der Waals surface area contributed by atoms with E-state index in [-0.39, 0.29) is 17.0 Å². The standard InChI is InChI=1S/C24H21Cl3N2P.BrH/c1-17-13-15-21(16-14-17)30(19-9-5-3-6-10-19,20-11-7-4-8-12-20)22-18(2)28-23(29-22)24(25,26)27;/h3-16H,1-2H3,(H,28,29);1H/q+1;/p-1. The van der Waals surface area contributed by atoms with Crippen LogP contribution in [0.25, 0.3) is 0 Å². The molecular weight excluding hydrogens is 534 g/mol. The van der Waals surface area contributed by atoms with Crippen LogP contribution in [0, 0.1) is 13.8 Å². The zero-order chi connectivity index (χ0) is 21.4. The highest BCUT2D eigenvalue weighted by Gasteiger charge is 2.52. The largest absolute Gasteiger partial charge is 1.00 e. The zero-order valence-corrected chi connectivity index (χ0v) is 21.7. The molecule has 0 atom stereocenters. The summed E-state index contributed by atoms with van der Waals surface area (Å²) in [5.41, 5.74) is 3.03. The Kier molecular flexibility index (Phi) is 7.56. The molecule has 0 unspecified atom stereocenters. The van der Waals surface area contributed by atoms with E-state index in [9.17, 15) is 0 Å². The molecule has 0 saturated heterocycles. The van der Waals surface area contributed by atoms with Crippen molar-refractivity contribution in [3.63, 3.8) is 0 Å². The second-order valence-corrected chi connectivity index (χ2v) is 12.8. The number of nitrogens with one attached hydrogen (secondary N) is 1. The van der Waals surface area contributed by atoms with Gasteiger partial charge in [0.1, 0.15) is 15.9 Å². The molecule has 0 aliphatic heterocycles. The predicted octanol–water partition coefficient (Wildman–Crippen LogP) is 2.48. The first-order chi connectivity index (χ1) is 14.3. The van der Waals surface area contributed by atoms with Gasteiger partial charge in [-0.3, -0.25) is 0 Å². The minimum absolute atomic E-state index is 0. The van der Waals surface area contributed by atoms with Crippen LogP contribution in [0.2, 0.25) is 0 Å². The van der Waals surface area contributed by atoms with Gasteiger partial charge in [0, 0.05) is 0 Å². The topological polar surface area (TPSA) is 28.7 Å². The number of aryl methyl sites for hydroxylation is 2. The number of hydrogen-bond acceptors (Lipinski definition) is 1. The van der Waals surface area contributed by atoms with E-state index in [4.69, 9.17) is 39.8 Å². The van der Waals surface area contributed by atoms with Gasteiger partial charge in [-0.25, -0.2) is 0 Å². The number of nitrogens with zero attached hydrogens (tertiary/aromatic N) is 1. The summed E-state index contributed by atoms with van der Waals surface area (Å²) in [5, 5.41) is 3.60. The average molecular weight is 555 g/mol. The maximum atomic E-state index is 6.20. The second kappa shape index (κ2) is 9.65. The van der Waals surface area contributed by atoms with Crippen molar-refractivity contribution in [3.05, 3.63) is 102 Å². The molecule has 0 aliphatic rings. The first-order valence-corrected chi connectivity index (χ1v) is 12.5. The number of aromatic nitrogens is 2. The number of halogens is 4. The summed E-state index contributed by atoms with van der Waals surface area (Å²) in [6, 6.07) is 29.7. The van der Waals surface area contributed by atoms with Crippen molar-refractivity contribution in [3.8, 4) is 0 Å². The van der Waals surface area contributed by atoms with Gasteiger partial charge in [-0.15, -0.1) is 0 Å². The van der Waals surface area contributed by atoms with Crippen molar-refractivity contribution in [1.29, 1.82) is 0 Å². The molecule has 0 aliphatic carbocycles. The van der Waals surface area contributed by atoms with Crippen LogP contribution in [0.15, 0.2) is 84.9 Å². The molecule has 1 aromatic heterocycles. The van der Waals surface area contributed by atoms with Crippen molar-refractivity contribution >= 4 is 63.4 Å². The molecule has 0 saturated carbocycles. The quantitative estimate of drug-likeness (QED) is 0.305. The third kappa shape index (κ3) is 4.58. The zero-order valence-electron chi connectivity index (χ0n) is 17.0. The van der Waals surface area contributed by atoms with Crippen LogP contribution in [-0.2, 0) is 3.79 Å². The minimum atomic E-state index is -2.33. The van der Waals surface area contributed by atoms with E-state index in [2.05, 4.69) is 84.7 Å². The minimum Gasteiger partial charge on any atom is -1.00 e. The molecule has 1 N–H and O–H groups in total. The number of imidazole rings is 1. The molecule has 0 fully saturated rings. The monoisotopic (exact) mass is 552 g/mol. The normalized spacial score (nSPS) is 11.8. The first-order valence-electron chi connectivity index (χ1n) is 9.55. The van der Waals surface area contributed by atoms with Crippen LogP contribution in [0.4, 0.5) is 0 Å². The molecule has 31 heavy (non-hydrogen) atoms. The van der Waals surface area contributed by atoms with Gasteiger partial charge in [0.25, 0.3) is 0 Å². The maximum absolute atomic E-state index is 6.20. The summed E-state index contributed by atoms with van der Waals surface area (Å²) in [4.78, 5) is 8.13. The number of H-pyrrole nitrogens is 1. The molecule has 4 rings (SSSR count). The van der Waals surface area contributed by atoms with Crippen LogP contribution < -0.4 is 38.3 Å². The van der Waals surface area contributed by atoms with Crippen molar-refractivity contribution in [1.82, 2.24) is 9.97 Å². The van der Waals surface area contributed by atoms with Gasteiger partial charge in [0.2, 0.25) is 9.23 Å². The van der Waals surface area contributed by atoms with E-state index in [0.29, 0.717) is 5.82 Å². The SMILES string of the molecule is Cc1ccc([P+](c2ccccc2)(c2ccccc2)c2nc(C(Cl)(Cl)Cl)[nH]c2C)cc1.[Br-]. The van der Waals surface area contributed by atoms with Gasteiger partial charge >= 0.3 is 0 Å². The fourth-order valence-corrected chi connectivity index (χ4v) is 8.34. The van der Waals surface area contributed by atoms with E-state index < -0.39 is 11.1 Å². The molecule has 7 heteroatoms. The Balaban J connectivity index is 0.00000272.